The second kappa shape index (κ2) is 13.8. The maximum Gasteiger partial charge on any atom is 0.344 e. The lowest BCUT2D eigenvalue weighted by molar-refractivity contribution is 0.196. The van der Waals surface area contributed by atoms with Crippen LogP contribution in [0.25, 0.3) is 0 Å². The molecule has 0 spiro atoms. The Labute approximate surface area is 233 Å². The highest BCUT2D eigenvalue weighted by atomic mass is 35.5. The Morgan fingerprint density at radius 3 is 1.87 bits per heavy atom. The molecule has 0 aliphatic carbocycles. The third-order valence-corrected chi connectivity index (χ3v) is 6.32. The fourth-order valence-electron chi connectivity index (χ4n) is 3.65. The molecule has 0 saturated heterocycles. The highest BCUT2D eigenvalue weighted by Crippen LogP contribution is 2.14. The Hall–Kier alpha value is -3.62. The zero-order valence-corrected chi connectivity index (χ0v) is 23.5. The van der Waals surface area contributed by atoms with Crippen molar-refractivity contribution >= 4 is 35.3 Å². The number of nitrogens with zero attached hydrogens (tertiary/aromatic N) is 6. The molecule has 8 nitrogen and oxygen atoms in total. The van der Waals surface area contributed by atoms with E-state index in [1.54, 1.807) is 34.3 Å². The molecule has 2 aromatic carbocycles. The summed E-state index contributed by atoms with van der Waals surface area (Å²) in [5.41, 5.74) is 4.37. The number of carbonyl (C=O) groups excluding carboxylic acids is 2. The number of aryl methyl sites for hydroxylation is 2. The van der Waals surface area contributed by atoms with Gasteiger partial charge < -0.3 is 9.80 Å². The van der Waals surface area contributed by atoms with Crippen LogP contribution in [0.4, 0.5) is 9.59 Å². The molecule has 0 atom stereocenters. The minimum absolute atomic E-state index is 0.0844. The van der Waals surface area contributed by atoms with Gasteiger partial charge in [0.05, 0.1) is 23.6 Å². The first-order valence-electron chi connectivity index (χ1n) is 12.3. The van der Waals surface area contributed by atoms with Crippen LogP contribution in [0.5, 0.6) is 0 Å². The first kappa shape index (κ1) is 28.9. The lowest BCUT2D eigenvalue weighted by Crippen LogP contribution is -2.34. The van der Waals surface area contributed by atoms with Gasteiger partial charge in [-0.2, -0.15) is 19.6 Å². The van der Waals surface area contributed by atoms with Crippen LogP contribution in [0, 0.1) is 13.8 Å². The molecule has 0 radical (unpaired) electrons. The molecular weight excluding hydrogens is 523 g/mol. The summed E-state index contributed by atoms with van der Waals surface area (Å²) in [5.74, 6) is 0. The van der Waals surface area contributed by atoms with Crippen LogP contribution in [-0.2, 0) is 13.1 Å². The molecule has 38 heavy (non-hydrogen) atoms. The maximum atomic E-state index is 12.3. The molecule has 4 rings (SSSR count). The van der Waals surface area contributed by atoms with Gasteiger partial charge in [-0.1, -0.05) is 59.6 Å². The van der Waals surface area contributed by atoms with Crippen molar-refractivity contribution in [2.75, 3.05) is 13.1 Å². The largest absolute Gasteiger partial charge is 0.344 e. The SMILES string of the molecule is CCN(Cc1ccc(Cl)cc1)C(=O)n1cc(Cl)cn1.CCN(Cc1ccccc1C)C(=O)n1cc(C)cn1. The second-order valence-corrected chi connectivity index (χ2v) is 9.58. The van der Waals surface area contributed by atoms with Gasteiger partial charge in [0.1, 0.15) is 0 Å². The number of benzene rings is 2. The van der Waals surface area contributed by atoms with Crippen LogP contribution in [0.15, 0.2) is 73.3 Å². The van der Waals surface area contributed by atoms with Gasteiger partial charge in [0.2, 0.25) is 0 Å². The lowest BCUT2D eigenvalue weighted by atomic mass is 10.1. The maximum absolute atomic E-state index is 12.3. The summed E-state index contributed by atoms with van der Waals surface area (Å²) in [7, 11) is 0. The molecule has 4 aromatic rings. The van der Waals surface area contributed by atoms with E-state index in [4.69, 9.17) is 23.2 Å². The Morgan fingerprint density at radius 2 is 1.34 bits per heavy atom. The first-order valence-corrected chi connectivity index (χ1v) is 13.1. The molecule has 0 N–H and O–H groups in total. The molecule has 200 valence electrons. The van der Waals surface area contributed by atoms with Crippen molar-refractivity contribution in [1.82, 2.24) is 29.4 Å². The van der Waals surface area contributed by atoms with Crippen molar-refractivity contribution in [3.05, 3.63) is 106 Å². The van der Waals surface area contributed by atoms with Gasteiger partial charge in [0.25, 0.3) is 0 Å². The van der Waals surface area contributed by atoms with Crippen LogP contribution in [0.3, 0.4) is 0 Å². The molecule has 0 fully saturated rings. The van der Waals surface area contributed by atoms with E-state index in [0.29, 0.717) is 36.2 Å². The summed E-state index contributed by atoms with van der Waals surface area (Å²) in [6.07, 6.45) is 6.38. The van der Waals surface area contributed by atoms with E-state index in [0.717, 1.165) is 11.1 Å². The van der Waals surface area contributed by atoms with E-state index in [2.05, 4.69) is 29.3 Å². The van der Waals surface area contributed by atoms with Crippen molar-refractivity contribution in [2.24, 2.45) is 0 Å². The summed E-state index contributed by atoms with van der Waals surface area (Å²) in [4.78, 5) is 28.0. The van der Waals surface area contributed by atoms with E-state index in [9.17, 15) is 9.59 Å². The van der Waals surface area contributed by atoms with Crippen molar-refractivity contribution in [3.8, 4) is 0 Å². The van der Waals surface area contributed by atoms with Gasteiger partial charge >= 0.3 is 12.1 Å². The highest BCUT2D eigenvalue weighted by Gasteiger charge is 2.16. The van der Waals surface area contributed by atoms with Crippen LogP contribution in [0.2, 0.25) is 10.0 Å². The third kappa shape index (κ3) is 7.94. The van der Waals surface area contributed by atoms with Crippen LogP contribution < -0.4 is 0 Å². The second-order valence-electron chi connectivity index (χ2n) is 8.71. The van der Waals surface area contributed by atoms with Crippen LogP contribution >= 0.6 is 23.2 Å². The molecule has 2 aromatic heterocycles. The van der Waals surface area contributed by atoms with E-state index in [-0.39, 0.29) is 12.1 Å². The molecule has 2 heterocycles. The van der Waals surface area contributed by atoms with E-state index in [1.165, 1.54) is 32.9 Å². The number of hydrogen-bond acceptors (Lipinski definition) is 4. The molecule has 0 bridgehead atoms. The normalized spacial score (nSPS) is 10.5. The van der Waals surface area contributed by atoms with E-state index in [1.807, 2.05) is 45.0 Å². The number of hydrogen-bond donors (Lipinski definition) is 0. The zero-order valence-electron chi connectivity index (χ0n) is 22.0. The summed E-state index contributed by atoms with van der Waals surface area (Å²) >= 11 is 11.6. The highest BCUT2D eigenvalue weighted by molar-refractivity contribution is 6.30. The van der Waals surface area contributed by atoms with Gasteiger partial charge in [-0.3, -0.25) is 0 Å². The van der Waals surface area contributed by atoms with Crippen LogP contribution in [-0.4, -0.2) is 54.5 Å². The van der Waals surface area contributed by atoms with Crippen LogP contribution in [0.1, 0.15) is 36.1 Å². The Morgan fingerprint density at radius 1 is 0.763 bits per heavy atom. The predicted octanol–water partition coefficient (Wildman–Crippen LogP) is 6.67. The van der Waals surface area contributed by atoms with Crippen molar-refractivity contribution in [2.45, 2.75) is 40.8 Å². The molecule has 0 saturated carbocycles. The van der Waals surface area contributed by atoms with E-state index < -0.39 is 0 Å². The van der Waals surface area contributed by atoms with Gasteiger partial charge in [-0.25, -0.2) is 9.59 Å². The van der Waals surface area contributed by atoms with Gasteiger partial charge in [0, 0.05) is 37.4 Å². The van der Waals surface area contributed by atoms with E-state index >= 15 is 0 Å². The number of amides is 2. The summed E-state index contributed by atoms with van der Waals surface area (Å²) in [6.45, 7) is 10.2. The van der Waals surface area contributed by atoms with Gasteiger partial charge in [-0.05, 0) is 62.1 Å². The lowest BCUT2D eigenvalue weighted by Gasteiger charge is -2.21. The molecule has 0 unspecified atom stereocenters. The number of carbonyl (C=O) groups is 2. The Kier molecular flexibility index (Phi) is 10.5. The van der Waals surface area contributed by atoms with Crippen molar-refractivity contribution < 1.29 is 9.59 Å². The standard InChI is InChI=1S/C15H19N3O.C13H13Cl2N3O/c1-4-17(11-14-8-6-5-7-13(14)3)15(19)18-10-12(2)9-16-18;1-2-17(8-10-3-5-11(14)6-4-10)13(19)18-9-12(15)7-16-18/h5-10H,4,11H2,1-3H3;3-7,9H,2,8H2,1H3. The Bertz CT molecular complexity index is 1350. The Balaban J connectivity index is 0.000000211. The third-order valence-electron chi connectivity index (χ3n) is 5.87. The monoisotopic (exact) mass is 554 g/mol. The molecule has 0 aliphatic rings. The number of rotatable bonds is 6. The smallest absolute Gasteiger partial charge is 0.319 e. The quantitative estimate of drug-likeness (QED) is 0.266. The minimum atomic E-state index is -0.204. The average Bonchev–Trinajstić information content (AvgIpc) is 3.55. The molecule has 10 heteroatoms. The van der Waals surface area contributed by atoms with Gasteiger partial charge in [0.15, 0.2) is 0 Å². The zero-order chi connectivity index (χ0) is 27.7. The molecule has 2 amide bonds. The fourth-order valence-corrected chi connectivity index (χ4v) is 3.91. The average molecular weight is 556 g/mol. The summed E-state index contributed by atoms with van der Waals surface area (Å²) in [6, 6.07) is 15.2. The first-order chi connectivity index (χ1) is 18.2. The topological polar surface area (TPSA) is 76.3 Å². The summed E-state index contributed by atoms with van der Waals surface area (Å²) < 4.78 is 2.64. The fraction of sp³-hybridized carbons (Fsp3) is 0.286. The van der Waals surface area contributed by atoms with Crippen molar-refractivity contribution in [1.29, 1.82) is 0 Å². The number of halogens is 2. The number of aromatic nitrogens is 4. The van der Waals surface area contributed by atoms with Crippen molar-refractivity contribution in [3.63, 3.8) is 0 Å². The predicted molar refractivity (Wildman–Crippen MR) is 151 cm³/mol. The summed E-state index contributed by atoms with van der Waals surface area (Å²) in [5, 5.41) is 9.11. The molecular formula is C28H32Cl2N6O2. The van der Waals surface area contributed by atoms with Gasteiger partial charge in [-0.15, -0.1) is 0 Å². The minimum Gasteiger partial charge on any atom is -0.319 e. The molecule has 0 aliphatic heterocycles.